The summed E-state index contributed by atoms with van der Waals surface area (Å²) in [6.07, 6.45) is 1.99. The monoisotopic (exact) mass is 325 g/mol. The van der Waals surface area contributed by atoms with Gasteiger partial charge in [0.1, 0.15) is 0 Å². The number of hydrogen-bond acceptors (Lipinski definition) is 2. The Labute approximate surface area is 142 Å². The van der Waals surface area contributed by atoms with Gasteiger partial charge < -0.3 is 10.4 Å². The highest BCUT2D eigenvalue weighted by atomic mass is 16.4. The minimum atomic E-state index is -0.929. The molecule has 2 N–H and O–H groups in total. The summed E-state index contributed by atoms with van der Waals surface area (Å²) in [6.45, 7) is 2.16. The molecule has 0 aliphatic heterocycles. The van der Waals surface area contributed by atoms with Crippen LogP contribution in [0.5, 0.6) is 0 Å². The molecule has 0 fully saturated rings. The maximum absolute atomic E-state index is 11.9. The van der Waals surface area contributed by atoms with Gasteiger partial charge in [0.25, 0.3) is 0 Å². The van der Waals surface area contributed by atoms with Gasteiger partial charge in [-0.25, -0.2) is 0 Å². The zero-order valence-electron chi connectivity index (χ0n) is 13.9. The van der Waals surface area contributed by atoms with Crippen LogP contribution in [0.3, 0.4) is 0 Å². The second-order valence-electron chi connectivity index (χ2n) is 5.94. The van der Waals surface area contributed by atoms with Crippen LogP contribution in [0.25, 0.3) is 0 Å². The predicted octanol–water partition coefficient (Wildman–Crippen LogP) is 3.30. The third-order valence-electron chi connectivity index (χ3n) is 3.99. The molecule has 126 valence electrons. The van der Waals surface area contributed by atoms with E-state index in [4.69, 9.17) is 0 Å². The zero-order chi connectivity index (χ0) is 17.4. The molecule has 2 aromatic carbocycles. The van der Waals surface area contributed by atoms with E-state index in [-0.39, 0.29) is 12.5 Å². The van der Waals surface area contributed by atoms with E-state index in [2.05, 4.69) is 29.6 Å². The summed E-state index contributed by atoms with van der Waals surface area (Å²) in [6, 6.07) is 17.2. The number of amides is 1. The Balaban J connectivity index is 1.77. The normalized spacial score (nSPS) is 11.7. The molecule has 0 radical (unpaired) electrons. The van der Waals surface area contributed by atoms with Crippen LogP contribution >= 0.6 is 0 Å². The number of carbonyl (C=O) groups is 2. The molecule has 4 heteroatoms. The first kappa shape index (κ1) is 17.7. The number of nitrogens with one attached hydrogen (secondary N) is 1. The number of carboxylic acid groups (broad SMARTS) is 1. The fraction of sp³-hybridized carbons (Fsp3) is 0.300. The van der Waals surface area contributed by atoms with Crippen LogP contribution in [0, 0.1) is 6.92 Å². The second-order valence-corrected chi connectivity index (χ2v) is 5.94. The van der Waals surface area contributed by atoms with Gasteiger partial charge in [-0.2, -0.15) is 0 Å². The van der Waals surface area contributed by atoms with Crippen LogP contribution in [0.1, 0.15) is 35.4 Å². The van der Waals surface area contributed by atoms with Crippen molar-refractivity contribution < 1.29 is 14.7 Å². The van der Waals surface area contributed by atoms with Gasteiger partial charge in [0.05, 0.1) is 5.92 Å². The molecule has 0 aliphatic carbocycles. The third-order valence-corrected chi connectivity index (χ3v) is 3.99. The maximum Gasteiger partial charge on any atom is 0.312 e. The van der Waals surface area contributed by atoms with Crippen LogP contribution in [0.15, 0.2) is 54.6 Å². The lowest BCUT2D eigenvalue weighted by Gasteiger charge is -2.13. The Kier molecular flexibility index (Phi) is 6.55. The minimum absolute atomic E-state index is 0.107. The van der Waals surface area contributed by atoms with Crippen molar-refractivity contribution in [3.63, 3.8) is 0 Å². The van der Waals surface area contributed by atoms with Crippen molar-refractivity contribution in [3.05, 3.63) is 71.3 Å². The lowest BCUT2D eigenvalue weighted by Crippen LogP contribution is -2.31. The Hall–Kier alpha value is -2.62. The second kappa shape index (κ2) is 8.87. The van der Waals surface area contributed by atoms with E-state index in [9.17, 15) is 14.7 Å². The standard InChI is InChI=1S/C20H23NO3/c1-15-10-12-16(13-11-15)6-5-9-19(22)21-14-18(20(23)24)17-7-3-2-4-8-17/h2-4,7-8,10-13,18H,5-6,9,14H2,1H3,(H,21,22)(H,23,24). The molecule has 1 amide bonds. The molecule has 0 spiro atoms. The molecule has 0 saturated heterocycles. The highest BCUT2D eigenvalue weighted by Crippen LogP contribution is 2.15. The highest BCUT2D eigenvalue weighted by Gasteiger charge is 2.20. The first-order chi connectivity index (χ1) is 11.6. The first-order valence-corrected chi connectivity index (χ1v) is 8.16. The topological polar surface area (TPSA) is 66.4 Å². The lowest BCUT2D eigenvalue weighted by molar-refractivity contribution is -0.138. The number of hydrogen-bond donors (Lipinski definition) is 2. The van der Waals surface area contributed by atoms with Crippen molar-refractivity contribution in [1.82, 2.24) is 5.32 Å². The number of carbonyl (C=O) groups excluding carboxylic acids is 1. The third kappa shape index (κ3) is 5.54. The van der Waals surface area contributed by atoms with Gasteiger partial charge in [0, 0.05) is 13.0 Å². The SMILES string of the molecule is Cc1ccc(CCCC(=O)NCC(C(=O)O)c2ccccc2)cc1. The molecule has 4 nitrogen and oxygen atoms in total. The van der Waals surface area contributed by atoms with E-state index >= 15 is 0 Å². The molecule has 2 rings (SSSR count). The molecule has 0 saturated carbocycles. The fourth-order valence-electron chi connectivity index (χ4n) is 2.55. The molecule has 0 heterocycles. The number of benzene rings is 2. The van der Waals surface area contributed by atoms with Gasteiger partial charge in [-0.05, 0) is 30.9 Å². The van der Waals surface area contributed by atoms with Gasteiger partial charge in [-0.3, -0.25) is 9.59 Å². The van der Waals surface area contributed by atoms with Crippen molar-refractivity contribution in [2.45, 2.75) is 32.1 Å². The lowest BCUT2D eigenvalue weighted by atomic mass is 9.99. The summed E-state index contributed by atoms with van der Waals surface area (Å²) in [5.41, 5.74) is 3.13. The van der Waals surface area contributed by atoms with Crippen LogP contribution < -0.4 is 5.32 Å². The van der Waals surface area contributed by atoms with Crippen molar-refractivity contribution in [1.29, 1.82) is 0 Å². The minimum Gasteiger partial charge on any atom is -0.481 e. The molecule has 0 bridgehead atoms. The smallest absolute Gasteiger partial charge is 0.312 e. The van der Waals surface area contributed by atoms with E-state index in [0.717, 1.165) is 12.8 Å². The Morgan fingerprint density at radius 2 is 1.71 bits per heavy atom. The maximum atomic E-state index is 11.9. The summed E-state index contributed by atoms with van der Waals surface area (Å²) in [7, 11) is 0. The molecule has 0 aromatic heterocycles. The summed E-state index contributed by atoms with van der Waals surface area (Å²) < 4.78 is 0. The Morgan fingerprint density at radius 3 is 2.33 bits per heavy atom. The summed E-state index contributed by atoms with van der Waals surface area (Å²) in [5, 5.41) is 12.1. The molecule has 24 heavy (non-hydrogen) atoms. The van der Waals surface area contributed by atoms with Gasteiger partial charge in [0.15, 0.2) is 0 Å². The van der Waals surface area contributed by atoms with E-state index in [1.807, 2.05) is 13.0 Å². The number of aliphatic carboxylic acids is 1. The Morgan fingerprint density at radius 1 is 1.04 bits per heavy atom. The summed E-state index contributed by atoms with van der Waals surface area (Å²) >= 11 is 0. The van der Waals surface area contributed by atoms with Crippen molar-refractivity contribution in [2.75, 3.05) is 6.54 Å². The first-order valence-electron chi connectivity index (χ1n) is 8.16. The summed E-state index contributed by atoms with van der Waals surface area (Å²) in [4.78, 5) is 23.3. The predicted molar refractivity (Wildman–Crippen MR) is 93.9 cm³/mol. The zero-order valence-corrected chi connectivity index (χ0v) is 13.9. The van der Waals surface area contributed by atoms with Gasteiger partial charge in [-0.1, -0.05) is 60.2 Å². The van der Waals surface area contributed by atoms with Crippen molar-refractivity contribution in [2.24, 2.45) is 0 Å². The molecular weight excluding hydrogens is 302 g/mol. The van der Waals surface area contributed by atoms with Gasteiger partial charge >= 0.3 is 5.97 Å². The average Bonchev–Trinajstić information content (AvgIpc) is 2.57. The Bertz CT molecular complexity index is 665. The van der Waals surface area contributed by atoms with E-state index < -0.39 is 11.9 Å². The van der Waals surface area contributed by atoms with Crippen LogP contribution in [0.4, 0.5) is 0 Å². The number of aryl methyl sites for hydroxylation is 2. The van der Waals surface area contributed by atoms with Gasteiger partial charge in [0.2, 0.25) is 5.91 Å². The van der Waals surface area contributed by atoms with Crippen LogP contribution in [-0.2, 0) is 16.0 Å². The van der Waals surface area contributed by atoms with E-state index in [0.29, 0.717) is 12.0 Å². The van der Waals surface area contributed by atoms with E-state index in [1.165, 1.54) is 11.1 Å². The number of carboxylic acids is 1. The molecule has 1 atom stereocenters. The molecule has 2 aromatic rings. The average molecular weight is 325 g/mol. The van der Waals surface area contributed by atoms with Crippen LogP contribution in [0.2, 0.25) is 0 Å². The van der Waals surface area contributed by atoms with Crippen molar-refractivity contribution >= 4 is 11.9 Å². The van der Waals surface area contributed by atoms with Crippen molar-refractivity contribution in [3.8, 4) is 0 Å². The summed E-state index contributed by atoms with van der Waals surface area (Å²) in [5.74, 6) is -1.75. The van der Waals surface area contributed by atoms with Crippen LogP contribution in [-0.4, -0.2) is 23.5 Å². The van der Waals surface area contributed by atoms with Gasteiger partial charge in [-0.15, -0.1) is 0 Å². The largest absolute Gasteiger partial charge is 0.481 e. The van der Waals surface area contributed by atoms with E-state index in [1.54, 1.807) is 24.3 Å². The highest BCUT2D eigenvalue weighted by molar-refractivity contribution is 5.79. The number of rotatable bonds is 8. The fourth-order valence-corrected chi connectivity index (χ4v) is 2.55. The molecule has 0 aliphatic rings. The quantitative estimate of drug-likeness (QED) is 0.782. The molecule has 1 unspecified atom stereocenters. The molecular formula is C20H23NO3.